The van der Waals surface area contributed by atoms with Crippen molar-refractivity contribution in [3.05, 3.63) is 65.2 Å². The Hall–Kier alpha value is -2.53. The Morgan fingerprint density at radius 2 is 1.65 bits per heavy atom. The third kappa shape index (κ3) is 6.41. The lowest BCUT2D eigenvalue weighted by Crippen LogP contribution is -2.47. The van der Waals surface area contributed by atoms with Crippen LogP contribution in [0.3, 0.4) is 0 Å². The first-order valence-electron chi connectivity index (χ1n) is 8.33. The minimum Gasteiger partial charge on any atom is -0.458 e. The number of para-hydroxylation sites is 1. The lowest BCUT2D eigenvalue weighted by Gasteiger charge is -2.25. The zero-order valence-electron chi connectivity index (χ0n) is 15.1. The Morgan fingerprint density at radius 1 is 1.04 bits per heavy atom. The number of ether oxygens (including phenoxy) is 1. The van der Waals surface area contributed by atoms with Gasteiger partial charge in [0, 0.05) is 6.42 Å². The van der Waals surface area contributed by atoms with Gasteiger partial charge in [-0.3, -0.25) is 0 Å². The van der Waals surface area contributed by atoms with Crippen LogP contribution in [0.15, 0.2) is 54.6 Å². The van der Waals surface area contributed by atoms with Gasteiger partial charge in [0.2, 0.25) is 0 Å². The van der Waals surface area contributed by atoms with Crippen molar-refractivity contribution in [3.63, 3.8) is 0 Å². The van der Waals surface area contributed by atoms with E-state index in [1.54, 1.807) is 45.0 Å². The molecule has 2 aromatic rings. The van der Waals surface area contributed by atoms with Gasteiger partial charge in [0.25, 0.3) is 0 Å². The summed E-state index contributed by atoms with van der Waals surface area (Å²) < 4.78 is 5.44. The maximum Gasteiger partial charge on any atom is 0.329 e. The van der Waals surface area contributed by atoms with E-state index >= 15 is 0 Å². The number of carbonyl (C=O) groups excluding carboxylic acids is 2. The molecule has 0 saturated carbocycles. The van der Waals surface area contributed by atoms with Crippen molar-refractivity contribution in [3.8, 4) is 0 Å². The van der Waals surface area contributed by atoms with E-state index in [9.17, 15) is 9.59 Å². The molecule has 2 aromatic carbocycles. The van der Waals surface area contributed by atoms with Gasteiger partial charge >= 0.3 is 12.0 Å². The van der Waals surface area contributed by atoms with Gasteiger partial charge < -0.3 is 15.4 Å². The number of carbonyl (C=O) groups is 2. The molecule has 0 aliphatic carbocycles. The van der Waals surface area contributed by atoms with Crippen LogP contribution in [0.2, 0.25) is 5.02 Å². The molecule has 0 aromatic heterocycles. The lowest BCUT2D eigenvalue weighted by atomic mass is 10.1. The molecule has 0 aliphatic rings. The molecule has 0 unspecified atom stereocenters. The van der Waals surface area contributed by atoms with Crippen molar-refractivity contribution in [1.29, 1.82) is 0 Å². The monoisotopic (exact) mass is 374 g/mol. The average molecular weight is 375 g/mol. The van der Waals surface area contributed by atoms with E-state index in [-0.39, 0.29) is 0 Å². The van der Waals surface area contributed by atoms with Crippen LogP contribution < -0.4 is 10.6 Å². The number of rotatable bonds is 5. The molecule has 0 aliphatic heterocycles. The summed E-state index contributed by atoms with van der Waals surface area (Å²) in [5.41, 5.74) is 0.739. The summed E-state index contributed by atoms with van der Waals surface area (Å²) in [5, 5.41) is 5.75. The van der Waals surface area contributed by atoms with Crippen LogP contribution in [0.4, 0.5) is 10.5 Å². The smallest absolute Gasteiger partial charge is 0.329 e. The first-order valence-corrected chi connectivity index (χ1v) is 8.71. The van der Waals surface area contributed by atoms with Crippen molar-refractivity contribution in [1.82, 2.24) is 5.32 Å². The molecule has 0 spiro atoms. The molecule has 0 heterocycles. The number of anilines is 1. The number of nitrogens with one attached hydrogen (secondary N) is 2. The Balaban J connectivity index is 2.11. The number of hydrogen-bond acceptors (Lipinski definition) is 3. The summed E-state index contributed by atoms with van der Waals surface area (Å²) in [6.45, 7) is 5.36. The Bertz CT molecular complexity index is 757. The highest BCUT2D eigenvalue weighted by atomic mass is 35.5. The number of benzene rings is 2. The minimum atomic E-state index is -0.820. The fourth-order valence-corrected chi connectivity index (χ4v) is 2.48. The van der Waals surface area contributed by atoms with Gasteiger partial charge in [0.05, 0.1) is 10.7 Å². The lowest BCUT2D eigenvalue weighted by molar-refractivity contribution is -0.157. The third-order valence-corrected chi connectivity index (χ3v) is 3.73. The van der Waals surface area contributed by atoms with E-state index in [2.05, 4.69) is 10.6 Å². The van der Waals surface area contributed by atoms with Crippen LogP contribution in [-0.4, -0.2) is 23.6 Å². The largest absolute Gasteiger partial charge is 0.458 e. The Kier molecular flexibility index (Phi) is 6.64. The molecule has 26 heavy (non-hydrogen) atoms. The van der Waals surface area contributed by atoms with Crippen molar-refractivity contribution < 1.29 is 14.3 Å². The predicted octanol–water partition coefficient (Wildman–Crippen LogP) is 4.41. The average Bonchev–Trinajstić information content (AvgIpc) is 2.56. The predicted molar refractivity (Wildman–Crippen MR) is 103 cm³/mol. The van der Waals surface area contributed by atoms with Crippen molar-refractivity contribution >= 4 is 29.3 Å². The Labute approximate surface area is 158 Å². The van der Waals surface area contributed by atoms with E-state index in [0.29, 0.717) is 17.1 Å². The summed E-state index contributed by atoms with van der Waals surface area (Å²) in [4.78, 5) is 24.9. The summed E-state index contributed by atoms with van der Waals surface area (Å²) in [6, 6.07) is 15.0. The van der Waals surface area contributed by atoms with Crippen LogP contribution in [0, 0.1) is 0 Å². The second kappa shape index (κ2) is 8.72. The third-order valence-electron chi connectivity index (χ3n) is 3.40. The van der Waals surface area contributed by atoms with Gasteiger partial charge in [-0.05, 0) is 38.5 Å². The molecule has 2 rings (SSSR count). The molecular formula is C20H23ClN2O3. The molecule has 6 heteroatoms. The standard InChI is InChI=1S/C20H23ClN2O3/c1-20(2,3)26-18(24)17(13-14-9-5-4-6-10-14)23-19(25)22-16-12-8-7-11-15(16)21/h4-12,17H,13H2,1-3H3,(H2,22,23,25)/t17-/m1/s1. The summed E-state index contributed by atoms with van der Waals surface area (Å²) in [7, 11) is 0. The van der Waals surface area contributed by atoms with E-state index in [1.165, 1.54) is 0 Å². The van der Waals surface area contributed by atoms with Gasteiger partial charge in [0.1, 0.15) is 11.6 Å². The minimum absolute atomic E-state index is 0.325. The van der Waals surface area contributed by atoms with Crippen molar-refractivity contribution in [2.45, 2.75) is 38.8 Å². The first kappa shape index (κ1) is 19.8. The van der Waals surface area contributed by atoms with E-state index in [1.807, 2.05) is 30.3 Å². The SMILES string of the molecule is CC(C)(C)OC(=O)[C@@H](Cc1ccccc1)NC(=O)Nc1ccccc1Cl. The Morgan fingerprint density at radius 3 is 2.27 bits per heavy atom. The van der Waals surface area contributed by atoms with Gasteiger partial charge in [-0.1, -0.05) is 54.1 Å². The highest BCUT2D eigenvalue weighted by molar-refractivity contribution is 6.33. The number of esters is 1. The highest BCUT2D eigenvalue weighted by Crippen LogP contribution is 2.20. The highest BCUT2D eigenvalue weighted by Gasteiger charge is 2.27. The molecule has 138 valence electrons. The van der Waals surface area contributed by atoms with Gasteiger partial charge in [0.15, 0.2) is 0 Å². The number of urea groups is 1. The molecule has 0 bridgehead atoms. The number of halogens is 1. The van der Waals surface area contributed by atoms with E-state index in [4.69, 9.17) is 16.3 Å². The fraction of sp³-hybridized carbons (Fsp3) is 0.300. The molecule has 2 N–H and O–H groups in total. The molecular weight excluding hydrogens is 352 g/mol. The van der Waals surface area contributed by atoms with Crippen molar-refractivity contribution in [2.24, 2.45) is 0 Å². The molecule has 1 atom stereocenters. The van der Waals surface area contributed by atoms with E-state index < -0.39 is 23.6 Å². The first-order chi connectivity index (χ1) is 12.2. The normalized spacial score (nSPS) is 12.2. The fourth-order valence-electron chi connectivity index (χ4n) is 2.30. The summed E-state index contributed by atoms with van der Waals surface area (Å²) in [5.74, 6) is -0.490. The maximum absolute atomic E-state index is 12.5. The quantitative estimate of drug-likeness (QED) is 0.761. The van der Waals surface area contributed by atoms with Crippen molar-refractivity contribution in [2.75, 3.05) is 5.32 Å². The van der Waals surface area contributed by atoms with Crippen LogP contribution in [0.5, 0.6) is 0 Å². The summed E-state index contributed by atoms with van der Waals surface area (Å²) in [6.07, 6.45) is 0.325. The topological polar surface area (TPSA) is 67.4 Å². The van der Waals surface area contributed by atoms with E-state index in [0.717, 1.165) is 5.56 Å². The van der Waals surface area contributed by atoms with Gasteiger partial charge in [-0.15, -0.1) is 0 Å². The maximum atomic E-state index is 12.5. The zero-order chi connectivity index (χ0) is 19.2. The zero-order valence-corrected chi connectivity index (χ0v) is 15.8. The second-order valence-electron chi connectivity index (χ2n) is 6.85. The molecule has 2 amide bonds. The van der Waals surface area contributed by atoms with Crippen LogP contribution >= 0.6 is 11.6 Å². The molecule has 0 fully saturated rings. The molecule has 0 saturated heterocycles. The van der Waals surface area contributed by atoms with Crippen LogP contribution in [0.1, 0.15) is 26.3 Å². The molecule has 0 radical (unpaired) electrons. The van der Waals surface area contributed by atoms with Gasteiger partial charge in [-0.2, -0.15) is 0 Å². The van der Waals surface area contributed by atoms with Gasteiger partial charge in [-0.25, -0.2) is 9.59 Å². The number of amides is 2. The van der Waals surface area contributed by atoms with Crippen LogP contribution in [-0.2, 0) is 16.0 Å². The second-order valence-corrected chi connectivity index (χ2v) is 7.26. The summed E-state index contributed by atoms with van der Waals surface area (Å²) >= 11 is 6.05. The number of hydrogen-bond donors (Lipinski definition) is 2. The van der Waals surface area contributed by atoms with Crippen LogP contribution in [0.25, 0.3) is 0 Å². The molecule has 5 nitrogen and oxygen atoms in total.